The zero-order chi connectivity index (χ0) is 20.9. The first-order valence-electron chi connectivity index (χ1n) is 10.2. The van der Waals surface area contributed by atoms with Crippen LogP contribution in [0.15, 0.2) is 65.8 Å². The summed E-state index contributed by atoms with van der Waals surface area (Å²) in [5.74, 6) is -0.472. The van der Waals surface area contributed by atoms with Gasteiger partial charge < -0.3 is 5.32 Å². The van der Waals surface area contributed by atoms with Gasteiger partial charge in [-0.1, -0.05) is 48.5 Å². The van der Waals surface area contributed by atoms with Crippen molar-refractivity contribution in [3.63, 3.8) is 0 Å². The number of amides is 3. The number of nitrogens with zero attached hydrogens (tertiary/aromatic N) is 3. The number of anilines is 1. The summed E-state index contributed by atoms with van der Waals surface area (Å²) in [5, 5.41) is 9.39. The minimum Gasteiger partial charge on any atom is -0.351 e. The quantitative estimate of drug-likeness (QED) is 0.568. The van der Waals surface area contributed by atoms with Crippen molar-refractivity contribution in [3.8, 4) is 0 Å². The van der Waals surface area contributed by atoms with Gasteiger partial charge in [0.25, 0.3) is 5.91 Å². The second-order valence-electron chi connectivity index (χ2n) is 7.41. The molecule has 2 heterocycles. The maximum Gasteiger partial charge on any atom is 0.267 e. The van der Waals surface area contributed by atoms with Crippen LogP contribution in [0.2, 0.25) is 0 Å². The molecule has 1 N–H and O–H groups in total. The fourth-order valence-corrected chi connectivity index (χ4v) is 3.81. The van der Waals surface area contributed by atoms with Crippen LogP contribution in [-0.2, 0) is 14.4 Å². The summed E-state index contributed by atoms with van der Waals surface area (Å²) < 4.78 is 0. The smallest absolute Gasteiger partial charge is 0.267 e. The van der Waals surface area contributed by atoms with Crippen LogP contribution in [0.3, 0.4) is 0 Å². The molecule has 2 aromatic carbocycles. The van der Waals surface area contributed by atoms with E-state index in [1.165, 1.54) is 4.90 Å². The third kappa shape index (κ3) is 4.25. The largest absolute Gasteiger partial charge is 0.351 e. The van der Waals surface area contributed by atoms with Gasteiger partial charge in [0.15, 0.2) is 0 Å². The van der Waals surface area contributed by atoms with Gasteiger partial charge >= 0.3 is 0 Å². The first-order chi connectivity index (χ1) is 14.6. The maximum absolute atomic E-state index is 12.7. The molecule has 4 rings (SSSR count). The summed E-state index contributed by atoms with van der Waals surface area (Å²) in [7, 11) is 0. The number of rotatable bonds is 7. The summed E-state index contributed by atoms with van der Waals surface area (Å²) in [6, 6.07) is 19.8. The second-order valence-corrected chi connectivity index (χ2v) is 7.41. The van der Waals surface area contributed by atoms with Crippen LogP contribution in [-0.4, -0.2) is 41.4 Å². The highest BCUT2D eigenvalue weighted by Crippen LogP contribution is 2.34. The van der Waals surface area contributed by atoms with Crippen molar-refractivity contribution in [2.24, 2.45) is 5.10 Å². The monoisotopic (exact) mass is 404 g/mol. The van der Waals surface area contributed by atoms with Gasteiger partial charge in [0.05, 0.1) is 11.7 Å². The van der Waals surface area contributed by atoms with Crippen molar-refractivity contribution < 1.29 is 14.4 Å². The topological polar surface area (TPSA) is 82.1 Å². The zero-order valence-corrected chi connectivity index (χ0v) is 16.7. The molecule has 0 bridgehead atoms. The number of para-hydroxylation sites is 1. The number of carbonyl (C=O) groups excluding carboxylic acids is 3. The highest BCUT2D eigenvalue weighted by atomic mass is 16.2. The standard InChI is InChI=1S/C23H24N4O3/c28-21-12-13-22(29)26(21)15-7-14-24-23(30)19-16-20(17-8-3-1-4-9-17)27(25-19)18-10-5-2-6-11-18/h1-6,8-11,20H,7,12-16H2,(H,24,30). The lowest BCUT2D eigenvalue weighted by Crippen LogP contribution is -2.35. The first kappa shape index (κ1) is 19.8. The first-order valence-corrected chi connectivity index (χ1v) is 10.2. The third-order valence-electron chi connectivity index (χ3n) is 5.38. The molecule has 1 saturated heterocycles. The molecule has 2 aliphatic heterocycles. The van der Waals surface area contributed by atoms with E-state index in [1.807, 2.05) is 65.7 Å². The van der Waals surface area contributed by atoms with E-state index in [-0.39, 0.29) is 36.6 Å². The molecule has 1 atom stereocenters. The highest BCUT2D eigenvalue weighted by Gasteiger charge is 2.32. The van der Waals surface area contributed by atoms with Crippen molar-refractivity contribution in [2.45, 2.75) is 31.7 Å². The van der Waals surface area contributed by atoms with E-state index in [2.05, 4.69) is 10.4 Å². The van der Waals surface area contributed by atoms with Gasteiger partial charge in [-0.2, -0.15) is 5.10 Å². The van der Waals surface area contributed by atoms with Crippen LogP contribution >= 0.6 is 0 Å². The van der Waals surface area contributed by atoms with Crippen molar-refractivity contribution in [1.29, 1.82) is 0 Å². The predicted molar refractivity (Wildman–Crippen MR) is 114 cm³/mol. The Kier molecular flexibility index (Phi) is 5.88. The van der Waals surface area contributed by atoms with Crippen molar-refractivity contribution in [3.05, 3.63) is 66.2 Å². The Morgan fingerprint density at radius 3 is 2.27 bits per heavy atom. The average Bonchev–Trinajstić information content (AvgIpc) is 3.37. The molecule has 1 fully saturated rings. The fraction of sp³-hybridized carbons (Fsp3) is 0.304. The number of hydrogen-bond donors (Lipinski definition) is 1. The summed E-state index contributed by atoms with van der Waals surface area (Å²) >= 11 is 0. The van der Waals surface area contributed by atoms with Crippen LogP contribution in [0.1, 0.15) is 37.3 Å². The number of hydrazone groups is 1. The van der Waals surface area contributed by atoms with Crippen LogP contribution in [0.25, 0.3) is 0 Å². The molecule has 30 heavy (non-hydrogen) atoms. The van der Waals surface area contributed by atoms with Gasteiger partial charge in [-0.05, 0) is 24.1 Å². The molecule has 0 saturated carbocycles. The van der Waals surface area contributed by atoms with E-state index in [0.717, 1.165) is 11.3 Å². The minimum absolute atomic E-state index is 0.0470. The number of carbonyl (C=O) groups is 3. The van der Waals surface area contributed by atoms with Gasteiger partial charge in [0.2, 0.25) is 11.8 Å². The minimum atomic E-state index is -0.214. The third-order valence-corrected chi connectivity index (χ3v) is 5.38. The number of nitrogens with one attached hydrogen (secondary N) is 1. The number of hydrogen-bond acceptors (Lipinski definition) is 5. The Morgan fingerprint density at radius 2 is 1.60 bits per heavy atom. The Balaban J connectivity index is 1.39. The van der Waals surface area contributed by atoms with Crippen LogP contribution in [0.5, 0.6) is 0 Å². The molecule has 0 aromatic heterocycles. The van der Waals surface area contributed by atoms with E-state index < -0.39 is 0 Å². The predicted octanol–water partition coefficient (Wildman–Crippen LogP) is 2.65. The summed E-state index contributed by atoms with van der Waals surface area (Å²) in [6.07, 6.45) is 1.62. The van der Waals surface area contributed by atoms with E-state index >= 15 is 0 Å². The Bertz CT molecular complexity index is 943. The molecule has 2 aliphatic rings. The number of benzene rings is 2. The molecule has 7 nitrogen and oxygen atoms in total. The molecular formula is C23H24N4O3. The molecule has 0 radical (unpaired) electrons. The van der Waals surface area contributed by atoms with Gasteiger partial charge in [-0.3, -0.25) is 24.3 Å². The van der Waals surface area contributed by atoms with E-state index in [4.69, 9.17) is 0 Å². The Hall–Kier alpha value is -3.48. The average molecular weight is 404 g/mol. The maximum atomic E-state index is 12.7. The van der Waals surface area contributed by atoms with Crippen molar-refractivity contribution in [1.82, 2.24) is 10.2 Å². The molecule has 1 unspecified atom stereocenters. The van der Waals surface area contributed by atoms with Crippen LogP contribution in [0.4, 0.5) is 5.69 Å². The second kappa shape index (κ2) is 8.90. The molecule has 3 amide bonds. The molecule has 2 aromatic rings. The summed E-state index contributed by atoms with van der Waals surface area (Å²) in [4.78, 5) is 37.3. The normalized spacial score (nSPS) is 18.7. The highest BCUT2D eigenvalue weighted by molar-refractivity contribution is 6.39. The lowest BCUT2D eigenvalue weighted by Gasteiger charge is -2.23. The van der Waals surface area contributed by atoms with Gasteiger partial charge in [-0.25, -0.2) is 0 Å². The lowest BCUT2D eigenvalue weighted by molar-refractivity contribution is -0.138. The van der Waals surface area contributed by atoms with E-state index in [0.29, 0.717) is 31.6 Å². The van der Waals surface area contributed by atoms with Gasteiger partial charge in [0, 0.05) is 32.4 Å². The molecule has 0 aliphatic carbocycles. The van der Waals surface area contributed by atoms with E-state index in [9.17, 15) is 14.4 Å². The van der Waals surface area contributed by atoms with Gasteiger partial charge in [0.1, 0.15) is 5.71 Å². The number of likely N-dealkylation sites (tertiary alicyclic amines) is 1. The van der Waals surface area contributed by atoms with Gasteiger partial charge in [-0.15, -0.1) is 0 Å². The summed E-state index contributed by atoms with van der Waals surface area (Å²) in [6.45, 7) is 0.726. The molecular weight excluding hydrogens is 380 g/mol. The summed E-state index contributed by atoms with van der Waals surface area (Å²) in [5.41, 5.74) is 2.50. The fourth-order valence-electron chi connectivity index (χ4n) is 3.81. The van der Waals surface area contributed by atoms with E-state index in [1.54, 1.807) is 0 Å². The molecule has 7 heteroatoms. The molecule has 0 spiro atoms. The SMILES string of the molecule is O=C(NCCCN1C(=O)CCC1=O)C1=NN(c2ccccc2)C(c2ccccc2)C1. The lowest BCUT2D eigenvalue weighted by atomic mass is 10.0. The van der Waals surface area contributed by atoms with Crippen molar-refractivity contribution >= 4 is 29.1 Å². The Labute approximate surface area is 175 Å². The molecule has 154 valence electrons. The van der Waals surface area contributed by atoms with Crippen LogP contribution < -0.4 is 10.3 Å². The zero-order valence-electron chi connectivity index (χ0n) is 16.7. The number of imide groups is 1. The van der Waals surface area contributed by atoms with Crippen molar-refractivity contribution in [2.75, 3.05) is 18.1 Å². The van der Waals surface area contributed by atoms with Crippen LogP contribution in [0, 0.1) is 0 Å². The Morgan fingerprint density at radius 1 is 0.967 bits per heavy atom.